The van der Waals surface area contributed by atoms with Crippen molar-refractivity contribution in [2.45, 2.75) is 44.1 Å². The fraction of sp³-hybridized carbons (Fsp3) is 0.409. The van der Waals surface area contributed by atoms with Gasteiger partial charge in [-0.1, -0.05) is 35.9 Å². The first-order valence-corrected chi connectivity index (χ1v) is 12.8. The molecule has 2 aromatic carbocycles. The molecule has 0 aromatic heterocycles. The van der Waals surface area contributed by atoms with Crippen molar-refractivity contribution >= 4 is 33.0 Å². The lowest BCUT2D eigenvalue weighted by Crippen LogP contribution is -2.50. The summed E-state index contributed by atoms with van der Waals surface area (Å²) in [6.07, 6.45) is -13.4. The first-order valence-electron chi connectivity index (χ1n) is 10.3. The number of hydrogen-bond acceptors (Lipinski definition) is 5. The molecule has 37 heavy (non-hydrogen) atoms. The summed E-state index contributed by atoms with van der Waals surface area (Å²) in [5.41, 5.74) is -8.15. The quantitative estimate of drug-likeness (QED) is 0.296. The Hall–Kier alpha value is -2.58. The van der Waals surface area contributed by atoms with Crippen molar-refractivity contribution in [2.75, 3.05) is 17.3 Å². The van der Waals surface area contributed by atoms with Gasteiger partial charge in [-0.05, 0) is 31.5 Å². The summed E-state index contributed by atoms with van der Waals surface area (Å²) >= 11 is 6.10. The number of aliphatic hydroxyl groups excluding tert-OH is 1. The Morgan fingerprint density at radius 3 is 2.11 bits per heavy atom. The molecule has 0 spiro atoms. The molecule has 0 heterocycles. The van der Waals surface area contributed by atoms with E-state index in [1.54, 1.807) is 0 Å². The van der Waals surface area contributed by atoms with E-state index in [1.165, 1.54) is 25.1 Å². The van der Waals surface area contributed by atoms with Gasteiger partial charge >= 0.3 is 18.0 Å². The number of aliphatic hydroxyl groups is 1. The van der Waals surface area contributed by atoms with Crippen molar-refractivity contribution < 1.29 is 49.1 Å². The van der Waals surface area contributed by atoms with Gasteiger partial charge in [0.25, 0.3) is 5.91 Å². The molecule has 2 aromatic rings. The first kappa shape index (κ1) is 30.6. The van der Waals surface area contributed by atoms with Crippen molar-refractivity contribution in [3.05, 3.63) is 63.7 Å². The number of hydrogen-bond donors (Lipinski definition) is 3. The Morgan fingerprint density at radius 1 is 1.05 bits per heavy atom. The highest BCUT2D eigenvalue weighted by Crippen LogP contribution is 2.53. The predicted molar refractivity (Wildman–Crippen MR) is 123 cm³/mol. The molecule has 0 aliphatic carbocycles. The number of amides is 1. The minimum atomic E-state index is -6.29. The fourth-order valence-corrected chi connectivity index (χ4v) is 4.81. The molecule has 15 heteroatoms. The molecule has 0 fully saturated rings. The number of aryl methyl sites for hydroxylation is 1. The van der Waals surface area contributed by atoms with Gasteiger partial charge in [-0.2, -0.15) is 26.3 Å². The number of carbonyl (C=O) groups excluding carboxylic acids is 1. The van der Waals surface area contributed by atoms with E-state index >= 15 is 0 Å². The van der Waals surface area contributed by atoms with E-state index in [-0.39, 0.29) is 33.5 Å². The van der Waals surface area contributed by atoms with Crippen LogP contribution >= 0.6 is 11.6 Å². The van der Waals surface area contributed by atoms with Crippen LogP contribution in [0.15, 0.2) is 36.4 Å². The summed E-state index contributed by atoms with van der Waals surface area (Å²) in [4.78, 5) is 12.8. The molecule has 3 N–H and O–H groups in total. The zero-order valence-electron chi connectivity index (χ0n) is 19.4. The van der Waals surface area contributed by atoms with Crippen LogP contribution in [-0.2, 0) is 15.5 Å². The number of halogens is 8. The van der Waals surface area contributed by atoms with Crippen LogP contribution in [0.4, 0.5) is 36.4 Å². The van der Waals surface area contributed by atoms with Gasteiger partial charge in [-0.25, -0.2) is 12.8 Å². The van der Waals surface area contributed by atoms with Crippen LogP contribution in [0.25, 0.3) is 0 Å². The zero-order chi connectivity index (χ0) is 28.6. The van der Waals surface area contributed by atoms with Gasteiger partial charge in [-0.15, -0.1) is 0 Å². The van der Waals surface area contributed by atoms with E-state index in [1.807, 2.05) is 0 Å². The summed E-state index contributed by atoms with van der Waals surface area (Å²) in [6.45, 7) is 2.51. The highest BCUT2D eigenvalue weighted by atomic mass is 35.5. The smallest absolute Gasteiger partial charge is 0.369 e. The lowest BCUT2D eigenvalue weighted by molar-refractivity contribution is -0.348. The van der Waals surface area contributed by atoms with Crippen LogP contribution in [0.5, 0.6) is 0 Å². The average molecular weight is 579 g/mol. The number of carbonyl (C=O) groups is 1. The highest BCUT2D eigenvalue weighted by Gasteiger charge is 2.73. The SMILES string of the molecule is Cc1cc(C(F)(C(F)(F)F)C(F)(F)F)ccc1NC(O)c1cccc(Cl)c1C(=O)N[C@@H](C)CS(C)(=O)=O. The monoisotopic (exact) mass is 578 g/mol. The third-order valence-corrected chi connectivity index (χ3v) is 6.62. The van der Waals surface area contributed by atoms with Crippen LogP contribution in [0.1, 0.15) is 40.2 Å². The standard InChI is InChI=1S/C22H22ClF7N2O4S/c1-11-9-13(20(24,21(25,26)27)22(28,29)30)7-8-16(11)32-18(33)14-5-4-6-15(23)17(14)19(34)31-12(2)10-37(3,35)36/h4-9,12,18,32-33H,10H2,1-3H3,(H,31,34)/t12-,18?/m0/s1. The molecule has 206 valence electrons. The second-order valence-electron chi connectivity index (χ2n) is 8.40. The second kappa shape index (κ2) is 10.7. The lowest BCUT2D eigenvalue weighted by Gasteiger charge is -2.31. The molecule has 0 aliphatic heterocycles. The topological polar surface area (TPSA) is 95.5 Å². The van der Waals surface area contributed by atoms with Crippen LogP contribution in [0.3, 0.4) is 0 Å². The maximum absolute atomic E-state index is 14.4. The zero-order valence-corrected chi connectivity index (χ0v) is 21.0. The average Bonchev–Trinajstić information content (AvgIpc) is 2.71. The van der Waals surface area contributed by atoms with E-state index < -0.39 is 57.4 Å². The molecular formula is C22H22ClF7N2O4S. The molecule has 6 nitrogen and oxygen atoms in total. The van der Waals surface area contributed by atoms with Crippen molar-refractivity contribution in [2.24, 2.45) is 0 Å². The minimum absolute atomic E-state index is 0.132. The van der Waals surface area contributed by atoms with Crippen LogP contribution < -0.4 is 10.6 Å². The van der Waals surface area contributed by atoms with Crippen LogP contribution in [0.2, 0.25) is 5.02 Å². The molecule has 0 aliphatic rings. The molecule has 2 rings (SSSR count). The maximum atomic E-state index is 14.4. The van der Waals surface area contributed by atoms with Crippen molar-refractivity contribution in [3.63, 3.8) is 0 Å². The van der Waals surface area contributed by atoms with Gasteiger partial charge in [0.1, 0.15) is 9.84 Å². The fourth-order valence-electron chi connectivity index (χ4n) is 3.55. The maximum Gasteiger partial charge on any atom is 0.435 e. The third kappa shape index (κ3) is 6.85. The van der Waals surface area contributed by atoms with Crippen LogP contribution in [0, 0.1) is 6.92 Å². The Balaban J connectivity index is 2.39. The molecule has 0 radical (unpaired) electrons. The molecule has 1 amide bonds. The molecule has 0 saturated carbocycles. The molecular weight excluding hydrogens is 557 g/mol. The number of alkyl halides is 7. The third-order valence-electron chi connectivity index (χ3n) is 5.20. The van der Waals surface area contributed by atoms with E-state index in [4.69, 9.17) is 11.6 Å². The van der Waals surface area contributed by atoms with Crippen LogP contribution in [-0.4, -0.2) is 49.8 Å². The summed E-state index contributed by atoms with van der Waals surface area (Å²) in [5.74, 6) is -1.24. The Kier molecular flexibility index (Phi) is 8.82. The highest BCUT2D eigenvalue weighted by molar-refractivity contribution is 7.90. The van der Waals surface area contributed by atoms with E-state index in [0.29, 0.717) is 6.07 Å². The molecule has 0 saturated heterocycles. The largest absolute Gasteiger partial charge is 0.435 e. The van der Waals surface area contributed by atoms with E-state index in [0.717, 1.165) is 19.2 Å². The van der Waals surface area contributed by atoms with E-state index in [2.05, 4.69) is 10.6 Å². The number of sulfone groups is 1. The number of anilines is 1. The summed E-state index contributed by atoms with van der Waals surface area (Å²) < 4.78 is 116. The van der Waals surface area contributed by atoms with Crippen molar-refractivity contribution in [3.8, 4) is 0 Å². The second-order valence-corrected chi connectivity index (χ2v) is 11.0. The summed E-state index contributed by atoms with van der Waals surface area (Å²) in [6, 6.07) is 4.44. The van der Waals surface area contributed by atoms with Crippen molar-refractivity contribution in [1.29, 1.82) is 0 Å². The summed E-state index contributed by atoms with van der Waals surface area (Å²) in [5, 5.41) is 15.4. The van der Waals surface area contributed by atoms with Crippen molar-refractivity contribution in [1.82, 2.24) is 5.32 Å². The van der Waals surface area contributed by atoms with Gasteiger partial charge in [-0.3, -0.25) is 4.79 Å². The number of benzene rings is 2. The first-order chi connectivity index (χ1) is 16.7. The van der Waals surface area contributed by atoms with E-state index in [9.17, 15) is 49.1 Å². The van der Waals surface area contributed by atoms with Gasteiger partial charge in [0.05, 0.1) is 16.3 Å². The predicted octanol–water partition coefficient (Wildman–Crippen LogP) is 5.20. The number of nitrogens with one attached hydrogen (secondary N) is 2. The normalized spacial score (nSPS) is 14.7. The molecule has 2 atom stereocenters. The molecule has 1 unspecified atom stereocenters. The Bertz CT molecular complexity index is 1250. The van der Waals surface area contributed by atoms with Gasteiger partial charge in [0.15, 0.2) is 6.23 Å². The molecule has 0 bridgehead atoms. The van der Waals surface area contributed by atoms with Gasteiger partial charge in [0, 0.05) is 29.1 Å². The summed E-state index contributed by atoms with van der Waals surface area (Å²) in [7, 11) is -3.44. The lowest BCUT2D eigenvalue weighted by atomic mass is 9.92. The minimum Gasteiger partial charge on any atom is -0.369 e. The number of rotatable bonds is 8. The Morgan fingerprint density at radius 2 is 1.62 bits per heavy atom. The Labute approximate surface area is 212 Å². The van der Waals surface area contributed by atoms with Gasteiger partial charge < -0.3 is 15.7 Å². The van der Waals surface area contributed by atoms with Gasteiger partial charge in [0.2, 0.25) is 0 Å².